The molecule has 0 radical (unpaired) electrons. The van der Waals surface area contributed by atoms with E-state index in [4.69, 9.17) is 10.2 Å². The van der Waals surface area contributed by atoms with E-state index in [0.29, 0.717) is 0 Å². The van der Waals surface area contributed by atoms with Gasteiger partial charge < -0.3 is 20.1 Å². The summed E-state index contributed by atoms with van der Waals surface area (Å²) in [4.78, 5) is 32.4. The highest BCUT2D eigenvalue weighted by molar-refractivity contribution is 6.40. The minimum absolute atomic E-state index is 0.283. The van der Waals surface area contributed by atoms with E-state index in [0.717, 1.165) is 19.2 Å². The van der Waals surface area contributed by atoms with Crippen LogP contribution in [0.1, 0.15) is 20.7 Å². The molecule has 0 aromatic heterocycles. The van der Waals surface area contributed by atoms with E-state index in [-0.39, 0.29) is 11.3 Å². The van der Waals surface area contributed by atoms with E-state index in [1.165, 1.54) is 0 Å². The van der Waals surface area contributed by atoms with Crippen LogP contribution in [0.2, 0.25) is 0 Å². The Kier molecular flexibility index (Phi) is 3.32. The quantitative estimate of drug-likeness (QED) is 0.513. The Labute approximate surface area is 94.9 Å². The monoisotopic (exact) mass is 240 g/mol. The summed E-state index contributed by atoms with van der Waals surface area (Å²) in [5.74, 6) is -5.46. The fraction of sp³-hybridized carbons (Fsp3) is 0.100. The lowest BCUT2D eigenvalue weighted by molar-refractivity contribution is -0.131. The third kappa shape index (κ3) is 2.33. The molecule has 0 saturated carbocycles. The topological polar surface area (TPSA) is 121 Å². The lowest BCUT2D eigenvalue weighted by Gasteiger charge is -2.07. The molecule has 0 saturated heterocycles. The number of carbonyl (C=O) groups is 3. The maximum absolute atomic E-state index is 11.2. The zero-order valence-electron chi connectivity index (χ0n) is 8.63. The fourth-order valence-electron chi connectivity index (χ4n) is 1.18. The normalized spacial score (nSPS) is 9.71. The van der Waals surface area contributed by atoms with Crippen LogP contribution in [0.4, 0.5) is 0 Å². The number of aromatic hydroxyl groups is 1. The molecule has 0 fully saturated rings. The lowest BCUT2D eigenvalue weighted by atomic mass is 10.1. The van der Waals surface area contributed by atoms with Crippen molar-refractivity contribution in [2.45, 2.75) is 0 Å². The van der Waals surface area contributed by atoms with Gasteiger partial charge in [-0.05, 0) is 12.1 Å². The van der Waals surface area contributed by atoms with Crippen molar-refractivity contribution in [2.24, 2.45) is 0 Å². The van der Waals surface area contributed by atoms with Gasteiger partial charge in [0.2, 0.25) is 0 Å². The Bertz CT molecular complexity index is 504. The summed E-state index contributed by atoms with van der Waals surface area (Å²) in [6.45, 7) is 0. The molecule has 0 aliphatic heterocycles. The molecule has 1 aromatic carbocycles. The van der Waals surface area contributed by atoms with Gasteiger partial charge in [0.05, 0.1) is 7.11 Å². The second-order valence-corrected chi connectivity index (χ2v) is 3.01. The summed E-state index contributed by atoms with van der Waals surface area (Å²) in [5, 5.41) is 26.7. The van der Waals surface area contributed by atoms with Gasteiger partial charge in [-0.15, -0.1) is 0 Å². The van der Waals surface area contributed by atoms with E-state index < -0.39 is 29.0 Å². The highest BCUT2D eigenvalue weighted by Crippen LogP contribution is 2.31. The molecule has 17 heavy (non-hydrogen) atoms. The van der Waals surface area contributed by atoms with Crippen LogP contribution in [0.15, 0.2) is 12.1 Å². The van der Waals surface area contributed by atoms with E-state index in [1.54, 1.807) is 0 Å². The molecule has 0 aliphatic carbocycles. The van der Waals surface area contributed by atoms with Crippen molar-refractivity contribution in [3.63, 3.8) is 0 Å². The number of ether oxygens (including phenoxy) is 1. The van der Waals surface area contributed by atoms with Crippen LogP contribution in [0, 0.1) is 0 Å². The Morgan fingerprint density at radius 2 is 1.76 bits per heavy atom. The SMILES string of the molecule is COc1cc(C(=O)C(=O)O)cc(C(=O)O)c1O. The fourth-order valence-corrected chi connectivity index (χ4v) is 1.18. The molecule has 1 rings (SSSR count). The van der Waals surface area contributed by atoms with Gasteiger partial charge >= 0.3 is 11.9 Å². The van der Waals surface area contributed by atoms with Crippen molar-refractivity contribution in [3.8, 4) is 11.5 Å². The number of hydrogen-bond donors (Lipinski definition) is 3. The van der Waals surface area contributed by atoms with Crippen molar-refractivity contribution in [1.82, 2.24) is 0 Å². The van der Waals surface area contributed by atoms with E-state index in [1.807, 2.05) is 0 Å². The maximum atomic E-state index is 11.2. The van der Waals surface area contributed by atoms with Crippen molar-refractivity contribution >= 4 is 17.7 Å². The van der Waals surface area contributed by atoms with Gasteiger partial charge in [-0.25, -0.2) is 9.59 Å². The maximum Gasteiger partial charge on any atom is 0.377 e. The van der Waals surface area contributed by atoms with Crippen molar-refractivity contribution < 1.29 is 34.4 Å². The number of carbonyl (C=O) groups excluding carboxylic acids is 1. The van der Waals surface area contributed by atoms with Crippen LogP contribution in [-0.2, 0) is 4.79 Å². The predicted octanol–water partition coefficient (Wildman–Crippen LogP) is 0.366. The number of aliphatic carboxylic acids is 1. The van der Waals surface area contributed by atoms with Crippen molar-refractivity contribution in [2.75, 3.05) is 7.11 Å². The second kappa shape index (κ2) is 4.52. The number of hydrogen-bond acceptors (Lipinski definition) is 5. The summed E-state index contributed by atoms with van der Waals surface area (Å²) in [6, 6.07) is 1.73. The highest BCUT2D eigenvalue weighted by Gasteiger charge is 2.22. The summed E-state index contributed by atoms with van der Waals surface area (Å²) in [5.41, 5.74) is -0.987. The molecule has 0 atom stereocenters. The molecular weight excluding hydrogens is 232 g/mol. The number of benzene rings is 1. The zero-order chi connectivity index (χ0) is 13.2. The molecule has 3 N–H and O–H groups in total. The molecule has 7 heteroatoms. The van der Waals surface area contributed by atoms with Gasteiger partial charge in [-0.1, -0.05) is 0 Å². The molecule has 0 unspecified atom stereocenters. The first-order valence-corrected chi connectivity index (χ1v) is 4.30. The van der Waals surface area contributed by atoms with Crippen LogP contribution in [0.5, 0.6) is 11.5 Å². The number of carboxylic acids is 2. The van der Waals surface area contributed by atoms with Crippen LogP contribution < -0.4 is 4.74 Å². The number of phenols is 1. The largest absolute Gasteiger partial charge is 0.504 e. The third-order valence-corrected chi connectivity index (χ3v) is 1.98. The lowest BCUT2D eigenvalue weighted by Crippen LogP contribution is -2.14. The third-order valence-electron chi connectivity index (χ3n) is 1.98. The van der Waals surface area contributed by atoms with E-state index >= 15 is 0 Å². The molecule has 0 heterocycles. The van der Waals surface area contributed by atoms with Crippen molar-refractivity contribution in [3.05, 3.63) is 23.3 Å². The van der Waals surface area contributed by atoms with Gasteiger partial charge in [-0.3, -0.25) is 4.79 Å². The summed E-state index contributed by atoms with van der Waals surface area (Å²) in [6.07, 6.45) is 0. The van der Waals surface area contributed by atoms with Gasteiger partial charge in [0, 0.05) is 5.56 Å². The molecule has 0 aliphatic rings. The van der Waals surface area contributed by atoms with Crippen LogP contribution in [-0.4, -0.2) is 40.2 Å². The molecule has 7 nitrogen and oxygen atoms in total. The number of aromatic carboxylic acids is 1. The highest BCUT2D eigenvalue weighted by atomic mass is 16.5. The Balaban J connectivity index is 3.45. The zero-order valence-corrected chi connectivity index (χ0v) is 8.63. The summed E-state index contributed by atoms with van der Waals surface area (Å²) < 4.78 is 4.65. The first kappa shape index (κ1) is 12.5. The molecular formula is C10H8O7. The average molecular weight is 240 g/mol. The summed E-state index contributed by atoms with van der Waals surface area (Å²) in [7, 11) is 1.15. The van der Waals surface area contributed by atoms with Gasteiger partial charge in [0.1, 0.15) is 5.56 Å². The van der Waals surface area contributed by atoms with Crippen LogP contribution in [0.3, 0.4) is 0 Å². The van der Waals surface area contributed by atoms with E-state index in [2.05, 4.69) is 4.74 Å². The Morgan fingerprint density at radius 3 is 2.18 bits per heavy atom. The Morgan fingerprint density at radius 1 is 1.18 bits per heavy atom. The summed E-state index contributed by atoms with van der Waals surface area (Å²) >= 11 is 0. The second-order valence-electron chi connectivity index (χ2n) is 3.01. The van der Waals surface area contributed by atoms with Crippen molar-refractivity contribution in [1.29, 1.82) is 0 Å². The number of methoxy groups -OCH3 is 1. The number of rotatable bonds is 4. The number of Topliss-reactive ketones (excluding diaryl/α,β-unsaturated/α-hetero) is 1. The smallest absolute Gasteiger partial charge is 0.377 e. The first-order valence-electron chi connectivity index (χ1n) is 4.30. The first-order chi connectivity index (χ1) is 7.88. The molecule has 0 amide bonds. The minimum Gasteiger partial charge on any atom is -0.504 e. The standard InChI is InChI=1S/C10H8O7/c1-17-6-3-4(7(11)10(15)16)2-5(8(6)12)9(13)14/h2-3,12H,1H3,(H,13,14)(H,15,16). The van der Waals surface area contributed by atoms with Gasteiger partial charge in [0.15, 0.2) is 11.5 Å². The van der Waals surface area contributed by atoms with Gasteiger partial charge in [0.25, 0.3) is 5.78 Å². The molecule has 1 aromatic rings. The Hall–Kier alpha value is -2.57. The molecule has 0 spiro atoms. The minimum atomic E-state index is -1.73. The molecule has 90 valence electrons. The molecule has 0 bridgehead atoms. The van der Waals surface area contributed by atoms with Crippen LogP contribution in [0.25, 0.3) is 0 Å². The van der Waals surface area contributed by atoms with Gasteiger partial charge in [-0.2, -0.15) is 0 Å². The van der Waals surface area contributed by atoms with E-state index in [9.17, 15) is 19.5 Å². The predicted molar refractivity (Wildman–Crippen MR) is 53.6 cm³/mol. The number of ketones is 1. The van der Waals surface area contributed by atoms with Crippen LogP contribution >= 0.6 is 0 Å². The number of carboxylic acid groups (broad SMARTS) is 2. The average Bonchev–Trinajstić information content (AvgIpc) is 2.27.